The van der Waals surface area contributed by atoms with Crippen LogP contribution in [0.3, 0.4) is 0 Å². The van der Waals surface area contributed by atoms with Crippen LogP contribution in [0.1, 0.15) is 22.8 Å². The zero-order valence-corrected chi connectivity index (χ0v) is 19.3. The number of carbonyl (C=O) groups excluding carboxylic acids is 3. The van der Waals surface area contributed by atoms with Crippen LogP contribution >= 0.6 is 11.6 Å². The van der Waals surface area contributed by atoms with E-state index in [4.69, 9.17) is 21.1 Å². The van der Waals surface area contributed by atoms with E-state index in [0.29, 0.717) is 34.9 Å². The fourth-order valence-electron chi connectivity index (χ4n) is 3.52. The molecule has 0 saturated heterocycles. The van der Waals surface area contributed by atoms with Crippen molar-refractivity contribution in [3.05, 3.63) is 94.7 Å². The van der Waals surface area contributed by atoms with E-state index in [1.165, 1.54) is 7.11 Å². The summed E-state index contributed by atoms with van der Waals surface area (Å²) in [5, 5.41) is 2.71. The first-order chi connectivity index (χ1) is 16.4. The largest absolute Gasteiger partial charge is 0.497 e. The lowest BCUT2D eigenvalue weighted by atomic mass is 10.1. The van der Waals surface area contributed by atoms with Crippen molar-refractivity contribution in [3.63, 3.8) is 0 Å². The molecule has 4 rings (SSSR count). The van der Waals surface area contributed by atoms with Gasteiger partial charge >= 0.3 is 5.97 Å². The number of hydrogen-bond donors (Lipinski definition) is 1. The Morgan fingerprint density at radius 1 is 0.941 bits per heavy atom. The highest BCUT2D eigenvalue weighted by Gasteiger charge is 2.39. The normalized spacial score (nSPS) is 13.3. The molecule has 0 bridgehead atoms. The number of aryl methyl sites for hydroxylation is 1. The van der Waals surface area contributed by atoms with E-state index in [1.807, 2.05) is 19.1 Å². The molecule has 1 aliphatic rings. The topological polar surface area (TPSA) is 84.9 Å². The number of imide groups is 1. The van der Waals surface area contributed by atoms with Crippen LogP contribution in [0, 0.1) is 0 Å². The van der Waals surface area contributed by atoms with E-state index in [-0.39, 0.29) is 10.7 Å². The third-order valence-corrected chi connectivity index (χ3v) is 5.63. The Balaban J connectivity index is 1.49. The number of esters is 1. The summed E-state index contributed by atoms with van der Waals surface area (Å²) in [6.45, 7) is 1.94. The van der Waals surface area contributed by atoms with Crippen LogP contribution in [-0.4, -0.2) is 24.9 Å². The van der Waals surface area contributed by atoms with Gasteiger partial charge in [0, 0.05) is 11.8 Å². The number of hydrogen-bond acceptors (Lipinski definition) is 6. The zero-order valence-electron chi connectivity index (χ0n) is 18.5. The Kier molecular flexibility index (Phi) is 6.65. The Bertz CT molecular complexity index is 1300. The second-order valence-electron chi connectivity index (χ2n) is 7.39. The van der Waals surface area contributed by atoms with Crippen molar-refractivity contribution in [1.29, 1.82) is 0 Å². The summed E-state index contributed by atoms with van der Waals surface area (Å²) >= 11 is 6.23. The number of carbonyl (C=O) groups is 3. The van der Waals surface area contributed by atoms with Gasteiger partial charge in [-0.3, -0.25) is 9.59 Å². The van der Waals surface area contributed by atoms with Crippen LogP contribution in [0.2, 0.25) is 0 Å². The van der Waals surface area contributed by atoms with Gasteiger partial charge in [-0.15, -0.1) is 0 Å². The molecular weight excluding hydrogens is 456 g/mol. The van der Waals surface area contributed by atoms with E-state index in [1.54, 1.807) is 60.7 Å². The summed E-state index contributed by atoms with van der Waals surface area (Å²) in [6, 6.07) is 20.2. The summed E-state index contributed by atoms with van der Waals surface area (Å²) in [4.78, 5) is 39.3. The predicted molar refractivity (Wildman–Crippen MR) is 129 cm³/mol. The monoisotopic (exact) mass is 476 g/mol. The molecule has 0 aliphatic carbocycles. The predicted octanol–water partition coefficient (Wildman–Crippen LogP) is 4.91. The van der Waals surface area contributed by atoms with Crippen molar-refractivity contribution in [2.75, 3.05) is 17.3 Å². The molecule has 3 aromatic carbocycles. The highest BCUT2D eigenvalue weighted by molar-refractivity contribution is 6.53. The van der Waals surface area contributed by atoms with Crippen molar-refractivity contribution in [1.82, 2.24) is 0 Å². The highest BCUT2D eigenvalue weighted by Crippen LogP contribution is 2.32. The molecule has 0 atom stereocenters. The number of halogens is 1. The Labute approximate surface area is 201 Å². The Hall–Kier alpha value is -4.10. The third kappa shape index (κ3) is 4.51. The summed E-state index contributed by atoms with van der Waals surface area (Å²) in [5.41, 5.74) is 2.13. The van der Waals surface area contributed by atoms with Gasteiger partial charge in [0.05, 0.1) is 18.4 Å². The van der Waals surface area contributed by atoms with Crippen LogP contribution in [0.25, 0.3) is 0 Å². The number of para-hydroxylation sites is 1. The standard InChI is InChI=1S/C26H21ClN2O5/c1-3-16-7-4-5-10-21(16)29-24(30)22(27)23(25(29)31)28-18-13-11-17(12-14-18)26(32)34-20-9-6-8-19(15-20)33-2/h4-15,28H,3H2,1-2H3. The molecule has 34 heavy (non-hydrogen) atoms. The Morgan fingerprint density at radius 2 is 1.65 bits per heavy atom. The van der Waals surface area contributed by atoms with Gasteiger partial charge in [0.2, 0.25) is 0 Å². The minimum Gasteiger partial charge on any atom is -0.497 e. The number of rotatable bonds is 7. The first-order valence-electron chi connectivity index (χ1n) is 10.5. The molecular formula is C26H21ClN2O5. The van der Waals surface area contributed by atoms with Crippen LogP contribution < -0.4 is 19.7 Å². The van der Waals surface area contributed by atoms with E-state index < -0.39 is 17.8 Å². The maximum Gasteiger partial charge on any atom is 0.343 e. The fourth-order valence-corrected chi connectivity index (χ4v) is 3.74. The molecule has 0 spiro atoms. The van der Waals surface area contributed by atoms with Gasteiger partial charge in [0.1, 0.15) is 22.2 Å². The second kappa shape index (κ2) is 9.80. The number of nitrogens with zero attached hydrogens (tertiary/aromatic N) is 1. The number of ether oxygens (including phenoxy) is 2. The van der Waals surface area contributed by atoms with Gasteiger partial charge in [-0.1, -0.05) is 42.8 Å². The average molecular weight is 477 g/mol. The Morgan fingerprint density at radius 3 is 2.35 bits per heavy atom. The van der Waals surface area contributed by atoms with Crippen molar-refractivity contribution >= 4 is 40.8 Å². The smallest absolute Gasteiger partial charge is 0.343 e. The lowest BCUT2D eigenvalue weighted by Gasteiger charge is -2.18. The van der Waals surface area contributed by atoms with Gasteiger partial charge in [-0.05, 0) is 54.4 Å². The minimum absolute atomic E-state index is 0.0238. The SMILES string of the molecule is CCc1ccccc1N1C(=O)C(Cl)=C(Nc2ccc(C(=O)Oc3cccc(OC)c3)cc2)C1=O. The molecule has 7 nitrogen and oxygen atoms in total. The summed E-state index contributed by atoms with van der Waals surface area (Å²) in [6.07, 6.45) is 0.654. The van der Waals surface area contributed by atoms with Crippen LogP contribution in [0.15, 0.2) is 83.5 Å². The summed E-state index contributed by atoms with van der Waals surface area (Å²) in [7, 11) is 1.53. The van der Waals surface area contributed by atoms with Gasteiger partial charge in [-0.2, -0.15) is 0 Å². The lowest BCUT2D eigenvalue weighted by Crippen LogP contribution is -2.33. The van der Waals surface area contributed by atoms with Crippen molar-refractivity contribution in [2.45, 2.75) is 13.3 Å². The quantitative estimate of drug-likeness (QED) is 0.296. The molecule has 1 aliphatic heterocycles. The highest BCUT2D eigenvalue weighted by atomic mass is 35.5. The van der Waals surface area contributed by atoms with Crippen molar-refractivity contribution in [2.24, 2.45) is 0 Å². The van der Waals surface area contributed by atoms with Gasteiger partial charge in [0.15, 0.2) is 0 Å². The average Bonchev–Trinajstić information content (AvgIpc) is 3.07. The van der Waals surface area contributed by atoms with E-state index in [9.17, 15) is 14.4 Å². The first-order valence-corrected chi connectivity index (χ1v) is 10.9. The first kappa shape index (κ1) is 23.1. The molecule has 0 unspecified atom stereocenters. The zero-order chi connectivity index (χ0) is 24.2. The molecule has 3 aromatic rings. The molecule has 1 N–H and O–H groups in total. The molecule has 2 amide bonds. The number of methoxy groups -OCH3 is 1. The maximum atomic E-state index is 13.0. The van der Waals surface area contributed by atoms with Gasteiger partial charge < -0.3 is 14.8 Å². The maximum absolute atomic E-state index is 13.0. The van der Waals surface area contributed by atoms with E-state index >= 15 is 0 Å². The van der Waals surface area contributed by atoms with E-state index in [0.717, 1.165) is 10.5 Å². The van der Waals surface area contributed by atoms with Crippen LogP contribution in [0.5, 0.6) is 11.5 Å². The van der Waals surface area contributed by atoms with Crippen molar-refractivity contribution < 1.29 is 23.9 Å². The number of anilines is 2. The van der Waals surface area contributed by atoms with Crippen LogP contribution in [-0.2, 0) is 16.0 Å². The number of benzene rings is 3. The second-order valence-corrected chi connectivity index (χ2v) is 7.77. The summed E-state index contributed by atoms with van der Waals surface area (Å²) < 4.78 is 10.5. The number of amides is 2. The number of nitrogens with one attached hydrogen (secondary N) is 1. The molecule has 8 heteroatoms. The van der Waals surface area contributed by atoms with Gasteiger partial charge in [0.25, 0.3) is 11.8 Å². The summed E-state index contributed by atoms with van der Waals surface area (Å²) in [5.74, 6) is -0.759. The molecule has 172 valence electrons. The van der Waals surface area contributed by atoms with Gasteiger partial charge in [-0.25, -0.2) is 9.69 Å². The van der Waals surface area contributed by atoms with E-state index in [2.05, 4.69) is 5.32 Å². The van der Waals surface area contributed by atoms with Crippen LogP contribution in [0.4, 0.5) is 11.4 Å². The fraction of sp³-hybridized carbons (Fsp3) is 0.115. The molecule has 0 radical (unpaired) electrons. The molecule has 0 aromatic heterocycles. The van der Waals surface area contributed by atoms with Crippen molar-refractivity contribution in [3.8, 4) is 11.5 Å². The molecule has 1 heterocycles. The molecule has 0 saturated carbocycles. The lowest BCUT2D eigenvalue weighted by molar-refractivity contribution is -0.120. The minimum atomic E-state index is -0.589. The molecule has 0 fully saturated rings. The third-order valence-electron chi connectivity index (χ3n) is 5.28.